The van der Waals surface area contributed by atoms with Crippen molar-refractivity contribution in [2.75, 3.05) is 5.32 Å². The van der Waals surface area contributed by atoms with Crippen molar-refractivity contribution in [3.8, 4) is 5.69 Å². The van der Waals surface area contributed by atoms with E-state index in [1.54, 1.807) is 6.33 Å². The number of nitrogens with zero attached hydrogens (tertiary/aromatic N) is 2. The molecule has 0 fully saturated rings. The SMILES string of the molecule is Cc1cc(NC(=O)OC(C)(C)C)cc(-n2cnc(C)c2)c1. The first-order valence-corrected chi connectivity index (χ1v) is 6.85. The van der Waals surface area contributed by atoms with E-state index in [4.69, 9.17) is 4.74 Å². The topological polar surface area (TPSA) is 56.1 Å². The molecule has 0 bridgehead atoms. The summed E-state index contributed by atoms with van der Waals surface area (Å²) in [7, 11) is 0. The molecule has 1 N–H and O–H groups in total. The van der Waals surface area contributed by atoms with E-state index in [1.807, 2.05) is 63.6 Å². The highest BCUT2D eigenvalue weighted by Gasteiger charge is 2.16. The van der Waals surface area contributed by atoms with Crippen molar-refractivity contribution in [3.05, 3.63) is 42.0 Å². The Bertz CT molecular complexity index is 654. The minimum absolute atomic E-state index is 0.458. The van der Waals surface area contributed by atoms with Crippen LogP contribution >= 0.6 is 0 Å². The van der Waals surface area contributed by atoms with E-state index in [9.17, 15) is 4.79 Å². The molecule has 5 heteroatoms. The summed E-state index contributed by atoms with van der Waals surface area (Å²) < 4.78 is 7.18. The largest absolute Gasteiger partial charge is 0.444 e. The van der Waals surface area contributed by atoms with Crippen molar-refractivity contribution in [2.24, 2.45) is 0 Å². The molecule has 1 aromatic carbocycles. The van der Waals surface area contributed by atoms with Gasteiger partial charge in [0.15, 0.2) is 0 Å². The molecule has 0 atom stereocenters. The normalized spacial score (nSPS) is 11.3. The zero-order valence-electron chi connectivity index (χ0n) is 13.1. The number of rotatable bonds is 2. The van der Waals surface area contributed by atoms with Crippen LogP contribution in [0.3, 0.4) is 0 Å². The van der Waals surface area contributed by atoms with Gasteiger partial charge in [-0.3, -0.25) is 5.32 Å². The third kappa shape index (κ3) is 4.34. The second-order valence-corrected chi connectivity index (χ2v) is 6.11. The lowest BCUT2D eigenvalue weighted by Gasteiger charge is -2.20. The number of nitrogens with one attached hydrogen (secondary N) is 1. The van der Waals surface area contributed by atoms with Gasteiger partial charge in [-0.05, 0) is 58.4 Å². The summed E-state index contributed by atoms with van der Waals surface area (Å²) >= 11 is 0. The molecule has 0 unspecified atom stereocenters. The summed E-state index contributed by atoms with van der Waals surface area (Å²) in [4.78, 5) is 16.1. The van der Waals surface area contributed by atoms with Crippen molar-refractivity contribution in [2.45, 2.75) is 40.2 Å². The molecule has 0 aliphatic heterocycles. The summed E-state index contributed by atoms with van der Waals surface area (Å²) in [5.41, 5.74) is 3.12. The van der Waals surface area contributed by atoms with Crippen LogP contribution < -0.4 is 5.32 Å². The van der Waals surface area contributed by atoms with Gasteiger partial charge in [-0.1, -0.05) is 0 Å². The van der Waals surface area contributed by atoms with E-state index in [0.29, 0.717) is 5.69 Å². The summed E-state index contributed by atoms with van der Waals surface area (Å²) in [6.07, 6.45) is 3.23. The molecule has 1 aromatic heterocycles. The molecule has 2 aromatic rings. The lowest BCUT2D eigenvalue weighted by Crippen LogP contribution is -2.27. The number of aromatic nitrogens is 2. The highest BCUT2D eigenvalue weighted by atomic mass is 16.6. The minimum Gasteiger partial charge on any atom is -0.444 e. The fourth-order valence-corrected chi connectivity index (χ4v) is 1.97. The maximum atomic E-state index is 11.8. The van der Waals surface area contributed by atoms with Crippen molar-refractivity contribution >= 4 is 11.8 Å². The lowest BCUT2D eigenvalue weighted by molar-refractivity contribution is 0.0636. The Labute approximate surface area is 125 Å². The van der Waals surface area contributed by atoms with Gasteiger partial charge < -0.3 is 9.30 Å². The number of amides is 1. The molecule has 0 aliphatic rings. The second kappa shape index (κ2) is 5.60. The van der Waals surface area contributed by atoms with Gasteiger partial charge in [-0.25, -0.2) is 9.78 Å². The van der Waals surface area contributed by atoms with Gasteiger partial charge in [0.1, 0.15) is 5.60 Å². The highest BCUT2D eigenvalue weighted by Crippen LogP contribution is 2.19. The van der Waals surface area contributed by atoms with Crippen LogP contribution in [0, 0.1) is 13.8 Å². The van der Waals surface area contributed by atoms with Crippen LogP contribution in [0.2, 0.25) is 0 Å². The van der Waals surface area contributed by atoms with E-state index in [1.165, 1.54) is 0 Å². The van der Waals surface area contributed by atoms with E-state index >= 15 is 0 Å². The highest BCUT2D eigenvalue weighted by molar-refractivity contribution is 5.85. The molecule has 5 nitrogen and oxygen atoms in total. The molecular formula is C16H21N3O2. The number of carbonyl (C=O) groups is 1. The van der Waals surface area contributed by atoms with Crippen LogP contribution in [-0.2, 0) is 4.74 Å². The molecular weight excluding hydrogens is 266 g/mol. The standard InChI is InChI=1S/C16H21N3O2/c1-11-6-13(18-15(20)21-16(3,4)5)8-14(7-11)19-9-12(2)17-10-19/h6-10H,1-5H3,(H,18,20). The average molecular weight is 287 g/mol. The average Bonchev–Trinajstić information content (AvgIpc) is 2.72. The third-order valence-corrected chi connectivity index (χ3v) is 2.72. The maximum absolute atomic E-state index is 11.8. The fraction of sp³-hybridized carbons (Fsp3) is 0.375. The van der Waals surface area contributed by atoms with Crippen molar-refractivity contribution in [1.82, 2.24) is 9.55 Å². The van der Waals surface area contributed by atoms with Crippen LogP contribution in [0.25, 0.3) is 5.69 Å². The molecule has 1 heterocycles. The number of ether oxygens (including phenoxy) is 1. The van der Waals surface area contributed by atoms with E-state index < -0.39 is 11.7 Å². The number of hydrogen-bond donors (Lipinski definition) is 1. The number of carbonyl (C=O) groups excluding carboxylic acids is 1. The Morgan fingerprint density at radius 3 is 2.52 bits per heavy atom. The molecule has 21 heavy (non-hydrogen) atoms. The third-order valence-electron chi connectivity index (χ3n) is 2.72. The van der Waals surface area contributed by atoms with Crippen LogP contribution in [0.4, 0.5) is 10.5 Å². The number of benzene rings is 1. The van der Waals surface area contributed by atoms with Crippen molar-refractivity contribution < 1.29 is 9.53 Å². The predicted molar refractivity (Wildman–Crippen MR) is 82.9 cm³/mol. The zero-order valence-corrected chi connectivity index (χ0v) is 13.1. The Kier molecular flexibility index (Phi) is 4.02. The van der Waals surface area contributed by atoms with Gasteiger partial charge in [0.05, 0.1) is 12.0 Å². The molecule has 0 saturated heterocycles. The first-order valence-electron chi connectivity index (χ1n) is 6.85. The fourth-order valence-electron chi connectivity index (χ4n) is 1.97. The molecule has 0 aliphatic carbocycles. The van der Waals surface area contributed by atoms with Crippen LogP contribution in [0.15, 0.2) is 30.7 Å². The summed E-state index contributed by atoms with van der Waals surface area (Å²) in [5.74, 6) is 0. The molecule has 112 valence electrons. The van der Waals surface area contributed by atoms with Crippen LogP contribution in [0.1, 0.15) is 32.0 Å². The maximum Gasteiger partial charge on any atom is 0.412 e. The smallest absolute Gasteiger partial charge is 0.412 e. The summed E-state index contributed by atoms with van der Waals surface area (Å²) in [6.45, 7) is 9.42. The number of hydrogen-bond acceptors (Lipinski definition) is 3. The zero-order chi connectivity index (χ0) is 15.6. The lowest BCUT2D eigenvalue weighted by atomic mass is 10.2. The number of imidazole rings is 1. The minimum atomic E-state index is -0.516. The van der Waals surface area contributed by atoms with Gasteiger partial charge in [0.2, 0.25) is 0 Å². The van der Waals surface area contributed by atoms with E-state index in [2.05, 4.69) is 10.3 Å². The van der Waals surface area contributed by atoms with Crippen molar-refractivity contribution in [3.63, 3.8) is 0 Å². The van der Waals surface area contributed by atoms with E-state index in [-0.39, 0.29) is 0 Å². The summed E-state index contributed by atoms with van der Waals surface area (Å²) in [5, 5.41) is 2.76. The predicted octanol–water partition coefficient (Wildman–Crippen LogP) is 3.84. The van der Waals surface area contributed by atoms with Gasteiger partial charge in [0, 0.05) is 17.6 Å². The molecule has 2 rings (SSSR count). The van der Waals surface area contributed by atoms with Gasteiger partial charge in [-0.15, -0.1) is 0 Å². The van der Waals surface area contributed by atoms with Gasteiger partial charge in [0.25, 0.3) is 0 Å². The Morgan fingerprint density at radius 1 is 1.24 bits per heavy atom. The van der Waals surface area contributed by atoms with Gasteiger partial charge >= 0.3 is 6.09 Å². The Balaban J connectivity index is 2.21. The molecule has 0 spiro atoms. The number of aryl methyl sites for hydroxylation is 2. The Hall–Kier alpha value is -2.30. The monoisotopic (exact) mass is 287 g/mol. The first kappa shape index (κ1) is 15.1. The van der Waals surface area contributed by atoms with Crippen molar-refractivity contribution in [1.29, 1.82) is 0 Å². The van der Waals surface area contributed by atoms with Gasteiger partial charge in [-0.2, -0.15) is 0 Å². The molecule has 0 saturated carbocycles. The second-order valence-electron chi connectivity index (χ2n) is 6.11. The molecule has 0 radical (unpaired) electrons. The Morgan fingerprint density at radius 2 is 1.95 bits per heavy atom. The first-order chi connectivity index (χ1) is 9.73. The van der Waals surface area contributed by atoms with Crippen LogP contribution in [-0.4, -0.2) is 21.2 Å². The van der Waals surface area contributed by atoms with Crippen LogP contribution in [0.5, 0.6) is 0 Å². The summed E-state index contributed by atoms with van der Waals surface area (Å²) in [6, 6.07) is 5.82. The number of anilines is 1. The quantitative estimate of drug-likeness (QED) is 0.913. The molecule has 1 amide bonds. The van der Waals surface area contributed by atoms with E-state index in [0.717, 1.165) is 16.9 Å².